The molecule has 0 radical (unpaired) electrons. The van der Waals surface area contributed by atoms with Crippen molar-refractivity contribution in [2.45, 2.75) is 42.2 Å². The molecule has 0 spiro atoms. The van der Waals surface area contributed by atoms with E-state index in [1.54, 1.807) is 19.9 Å². The van der Waals surface area contributed by atoms with E-state index in [0.717, 1.165) is 0 Å². The summed E-state index contributed by atoms with van der Waals surface area (Å²) < 4.78 is 24.1. The molecule has 104 valence electrons. The number of carboxylic acid groups (broad SMARTS) is 1. The fourth-order valence-electron chi connectivity index (χ4n) is 2.03. The highest BCUT2D eigenvalue weighted by atomic mass is 35.5. The van der Waals surface area contributed by atoms with Gasteiger partial charge >= 0.3 is 5.97 Å². The van der Waals surface area contributed by atoms with Gasteiger partial charge in [0.15, 0.2) is 9.84 Å². The maximum absolute atomic E-state index is 12.1. The average molecular weight is 303 g/mol. The van der Waals surface area contributed by atoms with Crippen LogP contribution < -0.4 is 0 Å². The van der Waals surface area contributed by atoms with Gasteiger partial charge in [0.2, 0.25) is 0 Å². The smallest absolute Gasteiger partial charge is 0.314 e. The third-order valence-electron chi connectivity index (χ3n) is 3.57. The van der Waals surface area contributed by atoms with Gasteiger partial charge in [-0.25, -0.2) is 8.42 Å². The molecule has 19 heavy (non-hydrogen) atoms. The molecule has 4 nitrogen and oxygen atoms in total. The summed E-state index contributed by atoms with van der Waals surface area (Å²) in [5, 5.41) is 8.74. The predicted octanol–water partition coefficient (Wildman–Crippen LogP) is 2.64. The Morgan fingerprint density at radius 3 is 2.32 bits per heavy atom. The molecule has 0 heterocycles. The summed E-state index contributed by atoms with van der Waals surface area (Å²) in [5.74, 6) is -0.886. The van der Waals surface area contributed by atoms with E-state index in [1.807, 2.05) is 0 Å². The SMILES string of the molecule is CC(C)S(=O)(=O)c1ccc(C2(C(=O)O)CC2)cc1Cl. The Bertz CT molecular complexity index is 630. The molecule has 1 aromatic rings. The molecular formula is C13H15ClO4S. The molecular weight excluding hydrogens is 288 g/mol. The number of sulfone groups is 1. The van der Waals surface area contributed by atoms with Gasteiger partial charge in [-0.3, -0.25) is 4.79 Å². The minimum absolute atomic E-state index is 0.0640. The number of halogens is 1. The van der Waals surface area contributed by atoms with Gasteiger partial charge in [0.1, 0.15) is 0 Å². The lowest BCUT2D eigenvalue weighted by molar-refractivity contribution is -0.140. The summed E-state index contributed by atoms with van der Waals surface area (Å²) in [6, 6.07) is 4.44. The molecule has 1 saturated carbocycles. The Morgan fingerprint density at radius 1 is 1.37 bits per heavy atom. The van der Waals surface area contributed by atoms with Crippen molar-refractivity contribution in [2.24, 2.45) is 0 Å². The van der Waals surface area contributed by atoms with E-state index in [-0.39, 0.29) is 9.92 Å². The number of benzene rings is 1. The lowest BCUT2D eigenvalue weighted by Gasteiger charge is -2.14. The van der Waals surface area contributed by atoms with Gasteiger partial charge in [-0.05, 0) is 44.4 Å². The number of carboxylic acids is 1. The molecule has 0 saturated heterocycles. The van der Waals surface area contributed by atoms with Crippen molar-refractivity contribution < 1.29 is 18.3 Å². The van der Waals surface area contributed by atoms with Crippen molar-refractivity contribution in [1.29, 1.82) is 0 Å². The van der Waals surface area contributed by atoms with Crippen LogP contribution in [0.15, 0.2) is 23.1 Å². The van der Waals surface area contributed by atoms with Gasteiger partial charge < -0.3 is 5.11 Å². The second kappa shape index (κ2) is 4.49. The van der Waals surface area contributed by atoms with Gasteiger partial charge in [-0.2, -0.15) is 0 Å². The van der Waals surface area contributed by atoms with E-state index >= 15 is 0 Å². The largest absolute Gasteiger partial charge is 0.481 e. The van der Waals surface area contributed by atoms with E-state index in [2.05, 4.69) is 0 Å². The first kappa shape index (κ1) is 14.3. The zero-order valence-electron chi connectivity index (χ0n) is 10.7. The van der Waals surface area contributed by atoms with Crippen molar-refractivity contribution in [1.82, 2.24) is 0 Å². The fourth-order valence-corrected chi connectivity index (χ4v) is 3.63. The molecule has 0 atom stereocenters. The average Bonchev–Trinajstić information content (AvgIpc) is 3.09. The van der Waals surface area contributed by atoms with E-state index in [9.17, 15) is 18.3 Å². The normalized spacial score (nSPS) is 17.5. The molecule has 0 bridgehead atoms. The van der Waals surface area contributed by atoms with Crippen LogP contribution in [0.5, 0.6) is 0 Å². The second-order valence-corrected chi connectivity index (χ2v) is 8.01. The van der Waals surface area contributed by atoms with Gasteiger partial charge in [-0.15, -0.1) is 0 Å². The van der Waals surface area contributed by atoms with Gasteiger partial charge in [0.25, 0.3) is 0 Å². The van der Waals surface area contributed by atoms with E-state index in [4.69, 9.17) is 11.6 Å². The fraction of sp³-hybridized carbons (Fsp3) is 0.462. The molecule has 1 aromatic carbocycles. The van der Waals surface area contributed by atoms with Crippen LogP contribution in [-0.2, 0) is 20.0 Å². The highest BCUT2D eigenvalue weighted by Crippen LogP contribution is 2.49. The van der Waals surface area contributed by atoms with Crippen LogP contribution in [-0.4, -0.2) is 24.7 Å². The minimum atomic E-state index is -3.45. The highest BCUT2D eigenvalue weighted by molar-refractivity contribution is 7.92. The Labute approximate surface area is 117 Å². The molecule has 1 fully saturated rings. The monoisotopic (exact) mass is 302 g/mol. The predicted molar refractivity (Wildman–Crippen MR) is 72.3 cm³/mol. The number of hydrogen-bond acceptors (Lipinski definition) is 3. The van der Waals surface area contributed by atoms with Crippen LogP contribution in [0.4, 0.5) is 0 Å². The summed E-state index contributed by atoms with van der Waals surface area (Å²) >= 11 is 6.02. The molecule has 1 aliphatic rings. The maximum Gasteiger partial charge on any atom is 0.314 e. The Morgan fingerprint density at radius 2 is 1.95 bits per heavy atom. The first-order valence-corrected chi connectivity index (χ1v) is 7.91. The minimum Gasteiger partial charge on any atom is -0.481 e. The van der Waals surface area contributed by atoms with Crippen LogP contribution in [0.3, 0.4) is 0 Å². The van der Waals surface area contributed by atoms with Crippen LogP contribution in [0.1, 0.15) is 32.3 Å². The molecule has 0 amide bonds. The van der Waals surface area contributed by atoms with Crippen LogP contribution in [0.2, 0.25) is 5.02 Å². The number of carbonyl (C=O) groups is 1. The number of hydrogen-bond donors (Lipinski definition) is 1. The number of rotatable bonds is 4. The summed E-state index contributed by atoms with van der Waals surface area (Å²) in [6.07, 6.45) is 1.13. The Balaban J connectivity index is 2.48. The van der Waals surface area contributed by atoms with Crippen LogP contribution in [0.25, 0.3) is 0 Å². The second-order valence-electron chi connectivity index (χ2n) is 5.13. The standard InChI is InChI=1S/C13H15ClO4S/c1-8(2)19(17,18)11-4-3-9(7-10(11)14)13(5-6-13)12(15)16/h3-4,7-8H,5-6H2,1-2H3,(H,15,16). The molecule has 1 N–H and O–H groups in total. The van der Waals surface area contributed by atoms with Crippen LogP contribution >= 0.6 is 11.6 Å². The van der Waals surface area contributed by atoms with Crippen molar-refractivity contribution in [3.63, 3.8) is 0 Å². The van der Waals surface area contributed by atoms with Crippen molar-refractivity contribution in [2.75, 3.05) is 0 Å². The maximum atomic E-state index is 12.1. The summed E-state index contributed by atoms with van der Waals surface area (Å²) in [4.78, 5) is 11.3. The number of aliphatic carboxylic acids is 1. The Kier molecular flexibility index (Phi) is 3.39. The third kappa shape index (κ3) is 2.25. The van der Waals surface area contributed by atoms with Gasteiger partial charge in [0, 0.05) is 0 Å². The zero-order chi connectivity index (χ0) is 14.4. The molecule has 6 heteroatoms. The van der Waals surface area contributed by atoms with Gasteiger partial charge in [-0.1, -0.05) is 17.7 Å². The summed E-state index contributed by atoms with van der Waals surface area (Å²) in [6.45, 7) is 3.17. The summed E-state index contributed by atoms with van der Waals surface area (Å²) in [7, 11) is -3.45. The van der Waals surface area contributed by atoms with E-state index in [1.165, 1.54) is 12.1 Å². The van der Waals surface area contributed by atoms with Gasteiger partial charge in [0.05, 0.1) is 20.6 Å². The first-order valence-electron chi connectivity index (χ1n) is 5.99. The van der Waals surface area contributed by atoms with E-state index < -0.39 is 26.5 Å². The lowest BCUT2D eigenvalue weighted by Crippen LogP contribution is -2.20. The van der Waals surface area contributed by atoms with E-state index in [0.29, 0.717) is 18.4 Å². The molecule has 1 aliphatic carbocycles. The molecule has 0 unspecified atom stereocenters. The molecule has 2 rings (SSSR count). The molecule has 0 aromatic heterocycles. The summed E-state index contributed by atoms with van der Waals surface area (Å²) in [5.41, 5.74) is -0.295. The zero-order valence-corrected chi connectivity index (χ0v) is 12.3. The van der Waals surface area contributed by atoms with Crippen molar-refractivity contribution in [3.05, 3.63) is 28.8 Å². The van der Waals surface area contributed by atoms with Crippen molar-refractivity contribution >= 4 is 27.4 Å². The first-order chi connectivity index (χ1) is 8.71. The topological polar surface area (TPSA) is 71.4 Å². The third-order valence-corrected chi connectivity index (χ3v) is 6.21. The molecule has 0 aliphatic heterocycles. The lowest BCUT2D eigenvalue weighted by atomic mass is 9.96. The highest BCUT2D eigenvalue weighted by Gasteiger charge is 2.52. The van der Waals surface area contributed by atoms with Crippen molar-refractivity contribution in [3.8, 4) is 0 Å². The Hall–Kier alpha value is -1.07. The van der Waals surface area contributed by atoms with Crippen LogP contribution in [0, 0.1) is 0 Å². The quantitative estimate of drug-likeness (QED) is 0.928.